The number of hydrogen-bond donors (Lipinski definition) is 2. The summed E-state index contributed by atoms with van der Waals surface area (Å²) in [5.41, 5.74) is -1.99. The summed E-state index contributed by atoms with van der Waals surface area (Å²) in [7, 11) is 1.46. The van der Waals surface area contributed by atoms with Crippen LogP contribution in [0.4, 0.5) is 0 Å². The first-order chi connectivity index (χ1) is 13.1. The first kappa shape index (κ1) is 24.4. The largest absolute Gasteiger partial charge is 0.374 e. The third-order valence-corrected chi connectivity index (χ3v) is 5.91. The van der Waals surface area contributed by atoms with Crippen LogP contribution in [0, 0.1) is 5.41 Å². The molecule has 0 bridgehead atoms. The van der Waals surface area contributed by atoms with Crippen molar-refractivity contribution in [2.24, 2.45) is 5.41 Å². The van der Waals surface area contributed by atoms with Gasteiger partial charge in [0.25, 0.3) is 5.56 Å². The number of aromatic amines is 1. The molecule has 1 aliphatic rings. The Hall–Kier alpha value is -0.870. The van der Waals surface area contributed by atoms with Gasteiger partial charge in [-0.1, -0.05) is 20.8 Å². The van der Waals surface area contributed by atoms with E-state index in [1.54, 1.807) is 20.8 Å². The number of aromatic nitrogens is 2. The van der Waals surface area contributed by atoms with Gasteiger partial charge in [0.15, 0.2) is 6.23 Å². The maximum atomic E-state index is 12.3. The molecule has 0 aliphatic carbocycles. The van der Waals surface area contributed by atoms with Crippen molar-refractivity contribution < 1.29 is 23.4 Å². The number of methoxy groups -OCH3 is 1. The fourth-order valence-corrected chi connectivity index (χ4v) is 5.49. The summed E-state index contributed by atoms with van der Waals surface area (Å²) in [6.45, 7) is 7.78. The third kappa shape index (κ3) is 6.82. The van der Waals surface area contributed by atoms with Crippen LogP contribution in [0.25, 0.3) is 0 Å². The highest BCUT2D eigenvalue weighted by atomic mass is 32.5. The molecule has 166 valence electrons. The van der Waals surface area contributed by atoms with Gasteiger partial charge in [0, 0.05) is 19.4 Å². The Morgan fingerprint density at radius 3 is 2.34 bits per heavy atom. The Morgan fingerprint density at radius 1 is 1.24 bits per heavy atom. The van der Waals surface area contributed by atoms with Crippen LogP contribution in [0.1, 0.15) is 54.2 Å². The molecule has 1 fully saturated rings. The van der Waals surface area contributed by atoms with Crippen LogP contribution in [-0.2, 0) is 30.3 Å². The van der Waals surface area contributed by atoms with Crippen LogP contribution in [-0.4, -0.2) is 45.5 Å². The molecule has 29 heavy (non-hydrogen) atoms. The number of H-pyrrole nitrogens is 1. The number of ether oxygens (including phenoxy) is 2. The Morgan fingerprint density at radius 2 is 1.86 bits per heavy atom. The van der Waals surface area contributed by atoms with Crippen molar-refractivity contribution in [3.63, 3.8) is 0 Å². The second-order valence-electron chi connectivity index (χ2n) is 9.29. The minimum Gasteiger partial charge on any atom is -0.374 e. The molecule has 1 aliphatic heterocycles. The highest BCUT2D eigenvalue weighted by molar-refractivity contribution is 8.07. The average molecular weight is 450 g/mol. The van der Waals surface area contributed by atoms with Crippen molar-refractivity contribution in [3.05, 3.63) is 33.1 Å². The summed E-state index contributed by atoms with van der Waals surface area (Å²) in [5, 5.41) is 0. The Balaban J connectivity index is 2.42. The van der Waals surface area contributed by atoms with E-state index in [4.69, 9.17) is 30.3 Å². The SMILES string of the molecule is CO[C@@H]1[C@H](OP(O)(=S)OC(C)(C)C)[C@@H](CC(C)(C)C)O[C@H]1n1ccc(=O)[nH]c1=O. The van der Waals surface area contributed by atoms with Crippen molar-refractivity contribution in [1.82, 2.24) is 9.55 Å². The van der Waals surface area contributed by atoms with Gasteiger partial charge in [0.05, 0.1) is 11.7 Å². The topological polar surface area (TPSA) is 112 Å². The van der Waals surface area contributed by atoms with Crippen LogP contribution in [0.3, 0.4) is 0 Å². The molecule has 5 atom stereocenters. The third-order valence-electron chi connectivity index (χ3n) is 4.14. The van der Waals surface area contributed by atoms with Gasteiger partial charge in [-0.3, -0.25) is 18.9 Å². The van der Waals surface area contributed by atoms with Gasteiger partial charge in [0.1, 0.15) is 12.2 Å². The van der Waals surface area contributed by atoms with E-state index in [-0.39, 0.29) is 5.41 Å². The lowest BCUT2D eigenvalue weighted by atomic mass is 9.87. The van der Waals surface area contributed by atoms with E-state index in [1.807, 2.05) is 20.8 Å². The molecule has 1 unspecified atom stereocenters. The molecule has 1 aromatic heterocycles. The van der Waals surface area contributed by atoms with Gasteiger partial charge >= 0.3 is 12.4 Å². The molecule has 0 spiro atoms. The number of rotatable bonds is 6. The average Bonchev–Trinajstić information content (AvgIpc) is 2.79. The molecule has 1 aromatic rings. The second-order valence-corrected chi connectivity index (χ2v) is 12.0. The van der Waals surface area contributed by atoms with E-state index in [0.29, 0.717) is 6.42 Å². The Bertz CT molecular complexity index is 870. The van der Waals surface area contributed by atoms with E-state index in [2.05, 4.69) is 4.98 Å². The van der Waals surface area contributed by atoms with Gasteiger partial charge in [-0.05, 0) is 44.4 Å². The Labute approximate surface area is 175 Å². The summed E-state index contributed by atoms with van der Waals surface area (Å²) in [6.07, 6.45) is -1.04. The quantitative estimate of drug-likeness (QED) is 0.635. The lowest BCUT2D eigenvalue weighted by Gasteiger charge is -2.32. The summed E-state index contributed by atoms with van der Waals surface area (Å²) >= 11 is 5.22. The molecular formula is C18H31N2O7PS. The predicted octanol–water partition coefficient (Wildman–Crippen LogP) is 2.30. The van der Waals surface area contributed by atoms with Crippen molar-refractivity contribution in [2.75, 3.05) is 7.11 Å². The summed E-state index contributed by atoms with van der Waals surface area (Å²) in [5.74, 6) is 0. The zero-order valence-electron chi connectivity index (χ0n) is 17.9. The van der Waals surface area contributed by atoms with Crippen LogP contribution in [0.15, 0.2) is 21.9 Å². The second kappa shape index (κ2) is 8.70. The van der Waals surface area contributed by atoms with E-state index in [0.717, 1.165) is 0 Å². The Kier molecular flexibility index (Phi) is 7.32. The van der Waals surface area contributed by atoms with Crippen molar-refractivity contribution in [2.45, 2.75) is 78.1 Å². The maximum absolute atomic E-state index is 12.3. The minimum absolute atomic E-state index is 0.141. The van der Waals surface area contributed by atoms with Crippen LogP contribution < -0.4 is 11.2 Å². The number of hydrogen-bond acceptors (Lipinski definition) is 7. The van der Waals surface area contributed by atoms with Crippen molar-refractivity contribution in [3.8, 4) is 0 Å². The predicted molar refractivity (Wildman–Crippen MR) is 112 cm³/mol. The molecule has 2 rings (SSSR count). The molecular weight excluding hydrogens is 419 g/mol. The van der Waals surface area contributed by atoms with Crippen molar-refractivity contribution in [1.29, 1.82) is 0 Å². The van der Waals surface area contributed by atoms with E-state index in [9.17, 15) is 14.5 Å². The highest BCUT2D eigenvalue weighted by Gasteiger charge is 2.50. The molecule has 2 N–H and O–H groups in total. The molecule has 11 heteroatoms. The summed E-state index contributed by atoms with van der Waals surface area (Å²) in [4.78, 5) is 36.6. The highest BCUT2D eigenvalue weighted by Crippen LogP contribution is 2.52. The fraction of sp³-hybridized carbons (Fsp3) is 0.778. The first-order valence-corrected chi connectivity index (χ1v) is 11.9. The minimum atomic E-state index is -3.63. The summed E-state index contributed by atoms with van der Waals surface area (Å²) < 4.78 is 24.4. The summed E-state index contributed by atoms with van der Waals surface area (Å²) in [6, 6.07) is 1.23. The van der Waals surface area contributed by atoms with E-state index < -0.39 is 48.1 Å². The van der Waals surface area contributed by atoms with E-state index >= 15 is 0 Å². The molecule has 0 saturated carbocycles. The van der Waals surface area contributed by atoms with Gasteiger partial charge in [-0.2, -0.15) is 0 Å². The fourth-order valence-electron chi connectivity index (χ4n) is 3.23. The van der Waals surface area contributed by atoms with Crippen LogP contribution in [0.5, 0.6) is 0 Å². The molecule has 1 saturated heterocycles. The molecule has 0 amide bonds. The van der Waals surface area contributed by atoms with Crippen LogP contribution in [0.2, 0.25) is 0 Å². The van der Waals surface area contributed by atoms with Gasteiger partial charge in [-0.15, -0.1) is 0 Å². The van der Waals surface area contributed by atoms with E-state index in [1.165, 1.54) is 23.9 Å². The number of nitrogens with one attached hydrogen (secondary N) is 1. The standard InChI is InChI=1S/C18H31N2O7PS/c1-17(2,3)10-11-13(26-28(23,29)27-18(4,5)6)14(24-7)15(25-11)20-9-8-12(21)19-16(20)22/h8-9,11,13-15H,10H2,1-7H3,(H,23,29)(H,19,21,22)/t11-,13-,14-,15-,28?/m1/s1. The molecule has 0 radical (unpaired) electrons. The lowest BCUT2D eigenvalue weighted by molar-refractivity contribution is -0.0593. The zero-order valence-corrected chi connectivity index (χ0v) is 19.6. The molecule has 0 aromatic carbocycles. The maximum Gasteiger partial charge on any atom is 0.330 e. The lowest BCUT2D eigenvalue weighted by Crippen LogP contribution is -2.40. The molecule has 2 heterocycles. The monoisotopic (exact) mass is 450 g/mol. The first-order valence-electron chi connectivity index (χ1n) is 9.33. The molecule has 9 nitrogen and oxygen atoms in total. The zero-order chi connectivity index (χ0) is 22.2. The van der Waals surface area contributed by atoms with Crippen molar-refractivity contribution >= 4 is 18.5 Å². The normalized spacial score (nSPS) is 27.7. The smallest absolute Gasteiger partial charge is 0.330 e. The van der Waals surface area contributed by atoms with Crippen LogP contribution >= 0.6 is 6.72 Å². The van der Waals surface area contributed by atoms with Gasteiger partial charge in [0.2, 0.25) is 0 Å². The van der Waals surface area contributed by atoms with Gasteiger partial charge in [-0.25, -0.2) is 4.79 Å². The number of nitrogens with zero attached hydrogens (tertiary/aromatic N) is 1. The van der Waals surface area contributed by atoms with Gasteiger partial charge < -0.3 is 18.9 Å².